The number of hydrogen-bond acceptors (Lipinski definition) is 4. The Kier molecular flexibility index (Phi) is 20.0. The molecule has 0 amide bonds. The van der Waals surface area contributed by atoms with Crippen LogP contribution in [0.15, 0.2) is 24.3 Å². The van der Waals surface area contributed by atoms with Crippen LogP contribution in [0.2, 0.25) is 0 Å². The smallest absolute Gasteiger partial charge is 0.311 e. The van der Waals surface area contributed by atoms with Crippen molar-refractivity contribution < 1.29 is 14.6 Å². The Balaban J connectivity index is 0.00000900. The van der Waals surface area contributed by atoms with Crippen LogP contribution in [0, 0.1) is 0 Å². The zero-order valence-electron chi connectivity index (χ0n) is 19.9. The minimum atomic E-state index is -0.593. The van der Waals surface area contributed by atoms with Gasteiger partial charge in [-0.05, 0) is 30.7 Å². The van der Waals surface area contributed by atoms with E-state index in [0.29, 0.717) is 18.7 Å². The molecule has 5 heteroatoms. The molecule has 0 saturated carbocycles. The van der Waals surface area contributed by atoms with Gasteiger partial charge in [-0.3, -0.25) is 4.79 Å². The Morgan fingerprint density at radius 2 is 1.45 bits per heavy atom. The minimum absolute atomic E-state index is 0. The van der Waals surface area contributed by atoms with Gasteiger partial charge >= 0.3 is 5.97 Å². The van der Waals surface area contributed by atoms with E-state index in [9.17, 15) is 9.90 Å². The first kappa shape index (κ1) is 29.9. The van der Waals surface area contributed by atoms with Gasteiger partial charge in [0.25, 0.3) is 0 Å². The van der Waals surface area contributed by atoms with Crippen molar-refractivity contribution >= 4 is 18.4 Å². The Labute approximate surface area is 197 Å². The number of carbonyl (C=O) groups excluding carboxylic acids is 1. The minimum Gasteiger partial charge on any atom is -0.427 e. The van der Waals surface area contributed by atoms with Crippen molar-refractivity contribution in [1.29, 1.82) is 0 Å². The molecule has 0 heterocycles. The summed E-state index contributed by atoms with van der Waals surface area (Å²) in [5, 5.41) is 13.3. The summed E-state index contributed by atoms with van der Waals surface area (Å²) in [6.45, 7) is 5.57. The number of aliphatic hydroxyl groups is 1. The van der Waals surface area contributed by atoms with E-state index in [4.69, 9.17) is 4.74 Å². The predicted octanol–water partition coefficient (Wildman–Crippen LogP) is 7.14. The van der Waals surface area contributed by atoms with Crippen LogP contribution >= 0.6 is 12.4 Å². The van der Waals surface area contributed by atoms with Gasteiger partial charge in [-0.15, -0.1) is 12.4 Å². The van der Waals surface area contributed by atoms with Crippen molar-refractivity contribution in [2.75, 3.05) is 13.1 Å². The topological polar surface area (TPSA) is 58.6 Å². The van der Waals surface area contributed by atoms with Crippen LogP contribution in [0.1, 0.15) is 115 Å². The van der Waals surface area contributed by atoms with Crippen LogP contribution < -0.4 is 10.1 Å². The van der Waals surface area contributed by atoms with E-state index in [1.54, 1.807) is 12.1 Å². The zero-order valence-corrected chi connectivity index (χ0v) is 20.7. The van der Waals surface area contributed by atoms with E-state index in [2.05, 4.69) is 12.2 Å². The number of ether oxygens (including phenoxy) is 1. The average Bonchev–Trinajstić information content (AvgIpc) is 2.75. The number of aliphatic hydroxyl groups excluding tert-OH is 1. The van der Waals surface area contributed by atoms with Crippen LogP contribution in [-0.2, 0) is 4.79 Å². The number of likely N-dealkylation sites (N-methyl/N-ethyl adjacent to an activating group) is 1. The third-order valence-electron chi connectivity index (χ3n) is 5.55. The fourth-order valence-electron chi connectivity index (χ4n) is 3.65. The van der Waals surface area contributed by atoms with Crippen LogP contribution in [-0.4, -0.2) is 24.2 Å². The number of nitrogens with one attached hydrogen (secondary N) is 1. The van der Waals surface area contributed by atoms with Gasteiger partial charge in [0.15, 0.2) is 0 Å². The van der Waals surface area contributed by atoms with E-state index >= 15 is 0 Å². The molecule has 1 unspecified atom stereocenters. The molecule has 1 atom stereocenters. The first-order valence-electron chi connectivity index (χ1n) is 12.4. The fourth-order valence-corrected chi connectivity index (χ4v) is 3.65. The normalized spacial score (nSPS) is 11.7. The average molecular weight is 456 g/mol. The maximum Gasteiger partial charge on any atom is 0.311 e. The summed E-state index contributed by atoms with van der Waals surface area (Å²) < 4.78 is 5.45. The monoisotopic (exact) mass is 455 g/mol. The highest BCUT2D eigenvalue weighted by atomic mass is 35.5. The van der Waals surface area contributed by atoms with Crippen molar-refractivity contribution in [1.82, 2.24) is 5.32 Å². The molecule has 0 bridgehead atoms. The van der Waals surface area contributed by atoms with Gasteiger partial charge in [-0.25, -0.2) is 0 Å². The lowest BCUT2D eigenvalue weighted by Gasteiger charge is -2.12. The van der Waals surface area contributed by atoms with E-state index in [-0.39, 0.29) is 18.4 Å². The standard InChI is InChI=1S/C26H45NO3.ClH/c1-3-5-6-7-8-9-10-11-12-13-14-15-16-20-26(29)30-24-19-17-18-23(21-24)25(28)22-27-4-2;/h17-19,21,25,27-28H,3-16,20,22H2,1-2H3;1H. The second-order valence-corrected chi connectivity index (χ2v) is 8.36. The first-order chi connectivity index (χ1) is 14.7. The number of carbonyl (C=O) groups is 1. The number of unbranched alkanes of at least 4 members (excludes halogenated alkanes) is 12. The highest BCUT2D eigenvalue weighted by Gasteiger charge is 2.10. The molecule has 0 aromatic heterocycles. The van der Waals surface area contributed by atoms with Gasteiger partial charge in [0, 0.05) is 13.0 Å². The SMILES string of the molecule is CCCCCCCCCCCCCCCC(=O)Oc1cccc(C(O)CNCC)c1.Cl. The van der Waals surface area contributed by atoms with E-state index < -0.39 is 6.10 Å². The van der Waals surface area contributed by atoms with Gasteiger partial charge in [0.1, 0.15) is 5.75 Å². The van der Waals surface area contributed by atoms with Crippen LogP contribution in [0.5, 0.6) is 5.75 Å². The molecular weight excluding hydrogens is 410 g/mol. The Morgan fingerprint density at radius 3 is 2.00 bits per heavy atom. The van der Waals surface area contributed by atoms with Crippen molar-refractivity contribution in [2.45, 2.75) is 110 Å². The summed E-state index contributed by atoms with van der Waals surface area (Å²) in [7, 11) is 0. The molecule has 0 aliphatic rings. The largest absolute Gasteiger partial charge is 0.427 e. The molecule has 0 radical (unpaired) electrons. The van der Waals surface area contributed by atoms with E-state index in [1.165, 1.54) is 70.6 Å². The summed E-state index contributed by atoms with van der Waals surface area (Å²) in [6, 6.07) is 7.19. The predicted molar refractivity (Wildman–Crippen MR) is 133 cm³/mol. The number of halogens is 1. The molecule has 0 aliphatic heterocycles. The second-order valence-electron chi connectivity index (χ2n) is 8.36. The molecule has 31 heavy (non-hydrogen) atoms. The van der Waals surface area contributed by atoms with Crippen molar-refractivity contribution in [3.8, 4) is 5.75 Å². The number of rotatable bonds is 19. The summed E-state index contributed by atoms with van der Waals surface area (Å²) in [4.78, 5) is 12.1. The number of esters is 1. The first-order valence-corrected chi connectivity index (χ1v) is 12.4. The van der Waals surface area contributed by atoms with Crippen molar-refractivity contribution in [3.63, 3.8) is 0 Å². The lowest BCUT2D eigenvalue weighted by molar-refractivity contribution is -0.134. The Bertz CT molecular complexity index is 553. The molecule has 0 fully saturated rings. The molecule has 180 valence electrons. The molecule has 1 rings (SSSR count). The van der Waals surface area contributed by atoms with Crippen LogP contribution in [0.25, 0.3) is 0 Å². The molecule has 1 aromatic carbocycles. The number of hydrogen-bond donors (Lipinski definition) is 2. The van der Waals surface area contributed by atoms with Crippen LogP contribution in [0.3, 0.4) is 0 Å². The second kappa shape index (κ2) is 20.8. The molecule has 1 aromatic rings. The highest BCUT2D eigenvalue weighted by molar-refractivity contribution is 5.85. The summed E-state index contributed by atoms with van der Waals surface area (Å²) >= 11 is 0. The van der Waals surface area contributed by atoms with Gasteiger partial charge < -0.3 is 15.2 Å². The maximum atomic E-state index is 12.1. The molecule has 0 saturated heterocycles. The van der Waals surface area contributed by atoms with Crippen LogP contribution in [0.4, 0.5) is 0 Å². The third-order valence-corrected chi connectivity index (χ3v) is 5.55. The summed E-state index contributed by atoms with van der Waals surface area (Å²) in [6.07, 6.45) is 16.7. The van der Waals surface area contributed by atoms with Gasteiger partial charge in [-0.2, -0.15) is 0 Å². The summed E-state index contributed by atoms with van der Waals surface area (Å²) in [5.41, 5.74) is 0.766. The summed E-state index contributed by atoms with van der Waals surface area (Å²) in [5.74, 6) is 0.333. The van der Waals surface area contributed by atoms with Gasteiger partial charge in [0.2, 0.25) is 0 Å². The lowest BCUT2D eigenvalue weighted by atomic mass is 10.0. The fraction of sp³-hybridized carbons (Fsp3) is 0.731. The Morgan fingerprint density at radius 1 is 0.903 bits per heavy atom. The van der Waals surface area contributed by atoms with Crippen molar-refractivity contribution in [2.24, 2.45) is 0 Å². The third kappa shape index (κ3) is 16.2. The van der Waals surface area contributed by atoms with E-state index in [0.717, 1.165) is 24.9 Å². The molecule has 0 aliphatic carbocycles. The zero-order chi connectivity index (χ0) is 21.9. The molecule has 4 nitrogen and oxygen atoms in total. The number of benzene rings is 1. The van der Waals surface area contributed by atoms with Crippen molar-refractivity contribution in [3.05, 3.63) is 29.8 Å². The van der Waals surface area contributed by atoms with Gasteiger partial charge in [0.05, 0.1) is 6.10 Å². The lowest BCUT2D eigenvalue weighted by Crippen LogP contribution is -2.20. The van der Waals surface area contributed by atoms with E-state index in [1.807, 2.05) is 19.1 Å². The molecular formula is C26H46ClNO3. The quantitative estimate of drug-likeness (QED) is 0.132. The highest BCUT2D eigenvalue weighted by Crippen LogP contribution is 2.20. The molecule has 2 N–H and O–H groups in total. The Hall–Kier alpha value is -1.10. The molecule has 0 spiro atoms. The van der Waals surface area contributed by atoms with Gasteiger partial charge in [-0.1, -0.05) is 103 Å². The maximum absolute atomic E-state index is 12.1.